The van der Waals surface area contributed by atoms with E-state index in [0.717, 1.165) is 0 Å². The second-order valence-electron chi connectivity index (χ2n) is 6.32. The van der Waals surface area contributed by atoms with Gasteiger partial charge in [-0.25, -0.2) is 17.6 Å². The lowest BCUT2D eigenvalue weighted by Crippen LogP contribution is -2.28. The molecule has 10 heteroatoms. The van der Waals surface area contributed by atoms with E-state index < -0.39 is 43.2 Å². The van der Waals surface area contributed by atoms with Crippen molar-refractivity contribution in [1.82, 2.24) is 5.32 Å². The van der Waals surface area contributed by atoms with Crippen LogP contribution in [-0.2, 0) is 10.0 Å². The normalized spacial score (nSPS) is 11.3. The van der Waals surface area contributed by atoms with Crippen LogP contribution in [0, 0.1) is 11.7 Å². The summed E-state index contributed by atoms with van der Waals surface area (Å²) in [7, 11) is -4.40. The minimum absolute atomic E-state index is 0.0268. The molecule has 0 aromatic heterocycles. The molecule has 3 N–H and O–H groups in total. The first-order chi connectivity index (χ1) is 13.0. The number of amides is 1. The van der Waals surface area contributed by atoms with Crippen LogP contribution in [-0.4, -0.2) is 31.9 Å². The van der Waals surface area contributed by atoms with Gasteiger partial charge in [0.2, 0.25) is 0 Å². The van der Waals surface area contributed by atoms with Gasteiger partial charge in [-0.1, -0.05) is 37.6 Å². The van der Waals surface area contributed by atoms with E-state index in [2.05, 4.69) is 10.0 Å². The molecular formula is C18H18ClFN2O5S. The van der Waals surface area contributed by atoms with Gasteiger partial charge in [-0.3, -0.25) is 9.52 Å². The van der Waals surface area contributed by atoms with Gasteiger partial charge in [0.15, 0.2) is 0 Å². The van der Waals surface area contributed by atoms with Gasteiger partial charge in [-0.2, -0.15) is 0 Å². The number of hydrogen-bond donors (Lipinski definition) is 3. The lowest BCUT2D eigenvalue weighted by molar-refractivity contribution is 0.0691. The Balaban J connectivity index is 2.42. The summed E-state index contributed by atoms with van der Waals surface area (Å²) >= 11 is 5.81. The summed E-state index contributed by atoms with van der Waals surface area (Å²) < 4.78 is 41.3. The van der Waals surface area contributed by atoms with Crippen LogP contribution in [0.15, 0.2) is 41.3 Å². The number of halogens is 2. The summed E-state index contributed by atoms with van der Waals surface area (Å²) in [4.78, 5) is 22.8. The summed E-state index contributed by atoms with van der Waals surface area (Å²) in [6.45, 7) is 4.21. The minimum atomic E-state index is -4.40. The van der Waals surface area contributed by atoms with Crippen LogP contribution in [0.1, 0.15) is 34.6 Å². The topological polar surface area (TPSA) is 113 Å². The Kier molecular flexibility index (Phi) is 6.63. The fraction of sp³-hybridized carbons (Fsp3) is 0.222. The van der Waals surface area contributed by atoms with E-state index in [1.165, 1.54) is 18.2 Å². The molecule has 2 aromatic carbocycles. The maximum atomic E-state index is 13.7. The van der Waals surface area contributed by atoms with E-state index in [1.54, 1.807) is 6.07 Å². The van der Waals surface area contributed by atoms with Gasteiger partial charge in [0, 0.05) is 6.54 Å². The average molecular weight is 429 g/mol. The molecule has 0 saturated heterocycles. The summed E-state index contributed by atoms with van der Waals surface area (Å²) in [5, 5.41) is 11.2. The van der Waals surface area contributed by atoms with Crippen LogP contribution in [0.5, 0.6) is 0 Å². The number of nitrogens with one attached hydrogen (secondary N) is 2. The molecule has 0 saturated carbocycles. The summed E-state index contributed by atoms with van der Waals surface area (Å²) in [5.41, 5.74) is -0.794. The van der Waals surface area contributed by atoms with E-state index in [9.17, 15) is 22.4 Å². The Morgan fingerprint density at radius 2 is 1.82 bits per heavy atom. The number of benzene rings is 2. The number of carboxylic acids is 1. The number of carbonyl (C=O) groups is 2. The Hall–Kier alpha value is -2.65. The summed E-state index contributed by atoms with van der Waals surface area (Å²) in [5.74, 6) is -3.09. The second kappa shape index (κ2) is 8.57. The molecule has 0 heterocycles. The van der Waals surface area contributed by atoms with Gasteiger partial charge in [0.1, 0.15) is 10.7 Å². The highest BCUT2D eigenvalue weighted by molar-refractivity contribution is 7.92. The molecule has 7 nitrogen and oxygen atoms in total. The molecule has 2 aromatic rings. The molecule has 0 aliphatic heterocycles. The van der Waals surface area contributed by atoms with Gasteiger partial charge in [0.05, 0.1) is 21.8 Å². The van der Waals surface area contributed by atoms with Crippen LogP contribution in [0.3, 0.4) is 0 Å². The third-order valence-corrected chi connectivity index (χ3v) is 5.46. The highest BCUT2D eigenvalue weighted by Gasteiger charge is 2.25. The maximum absolute atomic E-state index is 13.7. The number of carboxylic acid groups (broad SMARTS) is 1. The van der Waals surface area contributed by atoms with Crippen molar-refractivity contribution >= 4 is 39.2 Å². The van der Waals surface area contributed by atoms with Crippen LogP contribution in [0.4, 0.5) is 10.1 Å². The van der Waals surface area contributed by atoms with Gasteiger partial charge < -0.3 is 10.4 Å². The highest BCUT2D eigenvalue weighted by atomic mass is 35.5. The van der Waals surface area contributed by atoms with E-state index in [4.69, 9.17) is 16.7 Å². The SMILES string of the molecule is CC(C)CNC(=O)c1ccccc1NS(=O)(=O)c1cc(C(=O)O)c(F)cc1Cl. The Bertz CT molecular complexity index is 1020. The lowest BCUT2D eigenvalue weighted by Gasteiger charge is -2.14. The van der Waals surface area contributed by atoms with Crippen molar-refractivity contribution in [3.05, 3.63) is 58.4 Å². The van der Waals surface area contributed by atoms with Crippen molar-refractivity contribution in [2.75, 3.05) is 11.3 Å². The predicted octanol–water partition coefficient (Wildman–Crippen LogP) is 3.36. The quantitative estimate of drug-likeness (QED) is 0.625. The molecule has 0 bridgehead atoms. The van der Waals surface area contributed by atoms with Gasteiger partial charge in [-0.05, 0) is 30.2 Å². The molecule has 0 aliphatic carbocycles. The van der Waals surface area contributed by atoms with Crippen molar-refractivity contribution in [3.8, 4) is 0 Å². The minimum Gasteiger partial charge on any atom is -0.478 e. The number of hydrogen-bond acceptors (Lipinski definition) is 4. The molecular weight excluding hydrogens is 411 g/mol. The molecule has 2 rings (SSSR count). The van der Waals surface area contributed by atoms with E-state index >= 15 is 0 Å². The number of anilines is 1. The molecule has 0 aliphatic rings. The number of sulfonamides is 1. The van der Waals surface area contributed by atoms with E-state index in [-0.39, 0.29) is 17.2 Å². The highest BCUT2D eigenvalue weighted by Crippen LogP contribution is 2.28. The molecule has 0 unspecified atom stereocenters. The third-order valence-electron chi connectivity index (χ3n) is 3.63. The number of aromatic carboxylic acids is 1. The fourth-order valence-corrected chi connectivity index (χ4v) is 3.88. The zero-order valence-electron chi connectivity index (χ0n) is 15.0. The summed E-state index contributed by atoms with van der Waals surface area (Å²) in [6, 6.07) is 7.13. The Morgan fingerprint density at radius 1 is 1.18 bits per heavy atom. The van der Waals surface area contributed by atoms with Gasteiger partial charge in [-0.15, -0.1) is 0 Å². The largest absolute Gasteiger partial charge is 0.478 e. The maximum Gasteiger partial charge on any atom is 0.338 e. The molecule has 0 fully saturated rings. The Morgan fingerprint density at radius 3 is 2.43 bits per heavy atom. The average Bonchev–Trinajstić information content (AvgIpc) is 2.59. The third kappa shape index (κ3) is 4.99. The first-order valence-corrected chi connectivity index (χ1v) is 10.0. The monoisotopic (exact) mass is 428 g/mol. The standard InChI is InChI=1S/C18H18ClFN2O5S/c1-10(2)9-21-17(23)11-5-3-4-6-15(11)22-28(26,27)16-7-12(18(24)25)14(20)8-13(16)19/h3-8,10,22H,9H2,1-2H3,(H,21,23)(H,24,25). The zero-order valence-corrected chi connectivity index (χ0v) is 16.6. The molecule has 0 spiro atoms. The smallest absolute Gasteiger partial charge is 0.338 e. The van der Waals surface area contributed by atoms with Crippen molar-refractivity contribution in [3.63, 3.8) is 0 Å². The number of carbonyl (C=O) groups excluding carboxylic acids is 1. The molecule has 28 heavy (non-hydrogen) atoms. The zero-order chi connectivity index (χ0) is 21.1. The van der Waals surface area contributed by atoms with Crippen molar-refractivity contribution in [1.29, 1.82) is 0 Å². The first-order valence-electron chi connectivity index (χ1n) is 8.15. The molecule has 0 atom stereocenters. The lowest BCUT2D eigenvalue weighted by atomic mass is 10.1. The number of rotatable bonds is 7. The van der Waals surface area contributed by atoms with Crippen LogP contribution >= 0.6 is 11.6 Å². The van der Waals surface area contributed by atoms with Crippen molar-refractivity contribution < 1.29 is 27.5 Å². The van der Waals surface area contributed by atoms with E-state index in [0.29, 0.717) is 18.7 Å². The Labute approximate surface area is 166 Å². The fourth-order valence-electron chi connectivity index (χ4n) is 2.26. The molecule has 0 radical (unpaired) electrons. The van der Waals surface area contributed by atoms with Gasteiger partial charge >= 0.3 is 5.97 Å². The molecule has 150 valence electrons. The van der Waals surface area contributed by atoms with Gasteiger partial charge in [0.25, 0.3) is 15.9 Å². The van der Waals surface area contributed by atoms with Crippen LogP contribution in [0.25, 0.3) is 0 Å². The number of para-hydroxylation sites is 1. The molecule has 1 amide bonds. The predicted molar refractivity (Wildman–Crippen MR) is 103 cm³/mol. The summed E-state index contributed by atoms with van der Waals surface area (Å²) in [6.07, 6.45) is 0. The van der Waals surface area contributed by atoms with Crippen molar-refractivity contribution in [2.45, 2.75) is 18.7 Å². The van der Waals surface area contributed by atoms with Crippen LogP contribution in [0.2, 0.25) is 5.02 Å². The van der Waals surface area contributed by atoms with E-state index in [1.807, 2.05) is 13.8 Å². The first kappa shape index (κ1) is 21.6. The van der Waals surface area contributed by atoms with Crippen LogP contribution < -0.4 is 10.0 Å². The second-order valence-corrected chi connectivity index (χ2v) is 8.38. The van der Waals surface area contributed by atoms with Crippen molar-refractivity contribution in [2.24, 2.45) is 5.92 Å².